The molecule has 156 valence electrons. The van der Waals surface area contributed by atoms with E-state index in [-0.39, 0.29) is 10.7 Å². The lowest BCUT2D eigenvalue weighted by Gasteiger charge is -2.29. The third-order valence-corrected chi connectivity index (χ3v) is 4.71. The molecular weight excluding hydrogens is 408 g/mol. The fraction of sp³-hybridized carbons (Fsp3) is 0.190. The minimum Gasteiger partial charge on any atom is -0.497 e. The fourth-order valence-corrected chi connectivity index (χ4v) is 3.26. The average Bonchev–Trinajstić information content (AvgIpc) is 2.76. The highest BCUT2D eigenvalue weighted by Gasteiger charge is 2.34. The van der Waals surface area contributed by atoms with E-state index in [1.54, 1.807) is 43.5 Å². The Balaban J connectivity index is 2.04. The molecule has 0 radical (unpaired) electrons. The summed E-state index contributed by atoms with van der Waals surface area (Å²) in [6, 6.07) is 10.0. The molecule has 0 unspecified atom stereocenters. The molecule has 0 bridgehead atoms. The molecule has 3 rings (SSSR count). The predicted molar refractivity (Wildman–Crippen MR) is 115 cm³/mol. The van der Waals surface area contributed by atoms with Crippen LogP contribution in [0.2, 0.25) is 0 Å². The van der Waals surface area contributed by atoms with Crippen LogP contribution in [0.4, 0.5) is 5.69 Å². The Kier molecular flexibility index (Phi) is 6.22. The zero-order valence-electron chi connectivity index (χ0n) is 16.8. The number of amides is 2. The van der Waals surface area contributed by atoms with Gasteiger partial charge in [-0.15, -0.1) is 0 Å². The fourth-order valence-electron chi connectivity index (χ4n) is 2.97. The molecule has 0 spiro atoms. The number of benzene rings is 2. The second-order valence-electron chi connectivity index (χ2n) is 6.11. The van der Waals surface area contributed by atoms with Crippen LogP contribution in [0.25, 0.3) is 6.08 Å². The van der Waals surface area contributed by atoms with Crippen molar-refractivity contribution in [3.05, 3.63) is 47.5 Å². The first kappa shape index (κ1) is 21.1. The highest BCUT2D eigenvalue weighted by molar-refractivity contribution is 7.80. The number of anilines is 1. The van der Waals surface area contributed by atoms with E-state index in [9.17, 15) is 9.59 Å². The summed E-state index contributed by atoms with van der Waals surface area (Å²) in [5.41, 5.74) is 0.931. The molecule has 30 heavy (non-hydrogen) atoms. The molecular formula is C21H20N2O6S. The van der Waals surface area contributed by atoms with E-state index >= 15 is 0 Å². The van der Waals surface area contributed by atoms with E-state index in [0.717, 1.165) is 0 Å². The molecule has 0 saturated carbocycles. The van der Waals surface area contributed by atoms with Gasteiger partial charge < -0.3 is 18.9 Å². The van der Waals surface area contributed by atoms with Gasteiger partial charge in [0.15, 0.2) is 16.6 Å². The number of nitrogens with one attached hydrogen (secondary N) is 1. The number of methoxy groups -OCH3 is 4. The standard InChI is InChI=1S/C21H20N2O6S/c1-26-14-7-5-13(6-8-14)23-20(25)15(19(24)22-21(23)30)9-12-10-16(27-2)18(29-4)17(11-12)28-3/h5-11H,1-4H3,(H,22,24,30)/b15-9-. The second kappa shape index (κ2) is 8.83. The third kappa shape index (κ3) is 3.92. The van der Waals surface area contributed by atoms with Crippen LogP contribution in [0.15, 0.2) is 42.0 Å². The van der Waals surface area contributed by atoms with Crippen molar-refractivity contribution in [3.8, 4) is 23.0 Å². The van der Waals surface area contributed by atoms with Crippen LogP contribution in [0.5, 0.6) is 23.0 Å². The maximum atomic E-state index is 13.1. The number of thiocarbonyl (C=S) groups is 1. The van der Waals surface area contributed by atoms with Crippen LogP contribution in [0.1, 0.15) is 5.56 Å². The van der Waals surface area contributed by atoms with Gasteiger partial charge in [0.1, 0.15) is 11.3 Å². The first-order chi connectivity index (χ1) is 14.4. The second-order valence-corrected chi connectivity index (χ2v) is 6.50. The average molecular weight is 428 g/mol. The quantitative estimate of drug-likeness (QED) is 0.430. The van der Waals surface area contributed by atoms with Crippen molar-refractivity contribution < 1.29 is 28.5 Å². The van der Waals surface area contributed by atoms with Crippen molar-refractivity contribution in [1.82, 2.24) is 5.32 Å². The highest BCUT2D eigenvalue weighted by Crippen LogP contribution is 2.39. The van der Waals surface area contributed by atoms with Crippen LogP contribution in [0.3, 0.4) is 0 Å². The molecule has 0 aromatic heterocycles. The summed E-state index contributed by atoms with van der Waals surface area (Å²) in [6.07, 6.45) is 1.44. The highest BCUT2D eigenvalue weighted by atomic mass is 32.1. The van der Waals surface area contributed by atoms with Crippen LogP contribution < -0.4 is 29.2 Å². The van der Waals surface area contributed by atoms with Crippen LogP contribution in [-0.4, -0.2) is 45.4 Å². The van der Waals surface area contributed by atoms with Crippen molar-refractivity contribution in [2.24, 2.45) is 0 Å². The molecule has 1 fully saturated rings. The summed E-state index contributed by atoms with van der Waals surface area (Å²) in [6.45, 7) is 0. The maximum Gasteiger partial charge on any atom is 0.270 e. The van der Waals surface area contributed by atoms with E-state index in [0.29, 0.717) is 34.2 Å². The van der Waals surface area contributed by atoms with Crippen molar-refractivity contribution >= 4 is 40.9 Å². The lowest BCUT2D eigenvalue weighted by atomic mass is 10.1. The summed E-state index contributed by atoms with van der Waals surface area (Å²) < 4.78 is 21.1. The van der Waals surface area contributed by atoms with Gasteiger partial charge in [0.25, 0.3) is 11.8 Å². The molecule has 2 aromatic rings. The largest absolute Gasteiger partial charge is 0.497 e. The normalized spacial score (nSPS) is 15.1. The van der Waals surface area contributed by atoms with Crippen molar-refractivity contribution in [1.29, 1.82) is 0 Å². The van der Waals surface area contributed by atoms with Crippen LogP contribution in [0, 0.1) is 0 Å². The predicted octanol–water partition coefficient (Wildman–Crippen LogP) is 2.55. The molecule has 2 amide bonds. The van der Waals surface area contributed by atoms with Gasteiger partial charge in [-0.05, 0) is 60.3 Å². The molecule has 1 heterocycles. The van der Waals surface area contributed by atoms with Gasteiger partial charge in [-0.1, -0.05) is 0 Å². The summed E-state index contributed by atoms with van der Waals surface area (Å²) in [7, 11) is 6.00. The summed E-state index contributed by atoms with van der Waals surface area (Å²) >= 11 is 5.21. The molecule has 0 aliphatic carbocycles. The molecule has 1 saturated heterocycles. The van der Waals surface area contributed by atoms with Gasteiger partial charge in [-0.3, -0.25) is 19.8 Å². The summed E-state index contributed by atoms with van der Waals surface area (Å²) in [5.74, 6) is 0.685. The van der Waals surface area contributed by atoms with Crippen molar-refractivity contribution in [3.63, 3.8) is 0 Å². The van der Waals surface area contributed by atoms with Gasteiger partial charge in [-0.25, -0.2) is 0 Å². The van der Waals surface area contributed by atoms with E-state index in [1.807, 2.05) is 0 Å². The minimum atomic E-state index is -0.594. The lowest BCUT2D eigenvalue weighted by molar-refractivity contribution is -0.122. The Hall–Kier alpha value is -3.59. The first-order valence-corrected chi connectivity index (χ1v) is 9.19. The minimum absolute atomic E-state index is 0.00258. The Morgan fingerprint density at radius 2 is 1.50 bits per heavy atom. The number of rotatable bonds is 6. The molecule has 2 aromatic carbocycles. The van der Waals surface area contributed by atoms with E-state index < -0.39 is 11.8 Å². The Morgan fingerprint density at radius 3 is 2.00 bits per heavy atom. The van der Waals surface area contributed by atoms with Gasteiger partial charge in [0, 0.05) is 0 Å². The Bertz CT molecular complexity index is 1010. The van der Waals surface area contributed by atoms with E-state index in [1.165, 1.54) is 32.3 Å². The van der Waals surface area contributed by atoms with E-state index in [4.69, 9.17) is 31.2 Å². The van der Waals surface area contributed by atoms with Crippen molar-refractivity contribution in [2.45, 2.75) is 0 Å². The van der Waals surface area contributed by atoms with E-state index in [2.05, 4.69) is 5.32 Å². The van der Waals surface area contributed by atoms with Gasteiger partial charge in [0.2, 0.25) is 5.75 Å². The SMILES string of the molecule is COc1ccc(N2C(=O)/C(=C\c3cc(OC)c(OC)c(OC)c3)C(=O)NC2=S)cc1. The molecule has 9 heteroatoms. The summed E-state index contributed by atoms with van der Waals surface area (Å²) in [4.78, 5) is 26.9. The number of nitrogens with zero attached hydrogens (tertiary/aromatic N) is 1. The Morgan fingerprint density at radius 1 is 0.900 bits per heavy atom. The van der Waals surface area contributed by atoms with Crippen molar-refractivity contribution in [2.75, 3.05) is 33.3 Å². The van der Waals surface area contributed by atoms with Gasteiger partial charge in [0.05, 0.1) is 34.1 Å². The zero-order chi connectivity index (χ0) is 21.8. The number of carbonyl (C=O) groups excluding carboxylic acids is 2. The van der Waals surface area contributed by atoms with Crippen LogP contribution >= 0.6 is 12.2 Å². The molecule has 1 aliphatic heterocycles. The number of carbonyl (C=O) groups is 2. The topological polar surface area (TPSA) is 86.3 Å². The van der Waals surface area contributed by atoms with Gasteiger partial charge in [-0.2, -0.15) is 0 Å². The monoisotopic (exact) mass is 428 g/mol. The molecule has 0 atom stereocenters. The molecule has 1 N–H and O–H groups in total. The number of ether oxygens (including phenoxy) is 4. The lowest BCUT2D eigenvalue weighted by Crippen LogP contribution is -2.54. The van der Waals surface area contributed by atoms with Gasteiger partial charge >= 0.3 is 0 Å². The van der Waals surface area contributed by atoms with Crippen LogP contribution in [-0.2, 0) is 9.59 Å². The smallest absolute Gasteiger partial charge is 0.270 e. The number of hydrogen-bond acceptors (Lipinski definition) is 7. The first-order valence-electron chi connectivity index (χ1n) is 8.79. The third-order valence-electron chi connectivity index (χ3n) is 4.43. The number of hydrogen-bond donors (Lipinski definition) is 1. The zero-order valence-corrected chi connectivity index (χ0v) is 17.7. The summed E-state index contributed by atoms with van der Waals surface area (Å²) in [5, 5.41) is 2.55. The molecule has 8 nitrogen and oxygen atoms in total. The Labute approximate surface area is 179 Å². The molecule has 1 aliphatic rings. The maximum absolute atomic E-state index is 13.1.